The number of anilines is 1. The Morgan fingerprint density at radius 3 is 2.44 bits per heavy atom. The summed E-state index contributed by atoms with van der Waals surface area (Å²) < 4.78 is 51.9. The molecule has 0 bridgehead atoms. The minimum absolute atomic E-state index is 0.344. The largest absolute Gasteiger partial charge is 0.493 e. The van der Waals surface area contributed by atoms with E-state index in [-0.39, 0.29) is 5.69 Å². The summed E-state index contributed by atoms with van der Waals surface area (Å²) in [4.78, 5) is 2.62. The summed E-state index contributed by atoms with van der Waals surface area (Å²) in [6, 6.07) is 0. The summed E-state index contributed by atoms with van der Waals surface area (Å²) in [5.74, 6) is -0.627. The molecular formula is C7H9F2N3O3S. The van der Waals surface area contributed by atoms with E-state index in [1.165, 1.54) is 0 Å². The van der Waals surface area contributed by atoms with E-state index in [9.17, 15) is 17.2 Å². The number of pyridine rings is 1. The Hall–Kier alpha value is -1.48. The Morgan fingerprint density at radius 1 is 1.50 bits per heavy atom. The van der Waals surface area contributed by atoms with Gasteiger partial charge in [0.05, 0.1) is 19.0 Å². The predicted octanol–water partition coefficient (Wildman–Crippen LogP) is 0.257. The second kappa shape index (κ2) is 4.18. The zero-order valence-corrected chi connectivity index (χ0v) is 8.96. The van der Waals surface area contributed by atoms with Gasteiger partial charge < -0.3 is 10.5 Å². The highest BCUT2D eigenvalue weighted by molar-refractivity contribution is 7.89. The first-order valence-corrected chi connectivity index (χ1v) is 5.47. The van der Waals surface area contributed by atoms with Crippen molar-refractivity contribution in [1.82, 2.24) is 4.98 Å². The fraction of sp³-hybridized carbons (Fsp3) is 0.286. The molecule has 0 amide bonds. The number of halogens is 2. The number of nitrogen functional groups attached to an aromatic ring is 1. The number of hydrogen-bond acceptors (Lipinski definition) is 5. The fourth-order valence-electron chi connectivity index (χ4n) is 1.15. The predicted molar refractivity (Wildman–Crippen MR) is 51.5 cm³/mol. The van der Waals surface area contributed by atoms with Gasteiger partial charge >= 0.3 is 0 Å². The summed E-state index contributed by atoms with van der Waals surface area (Å²) in [5, 5.41) is 4.84. The zero-order valence-electron chi connectivity index (χ0n) is 8.15. The number of sulfonamides is 1. The van der Waals surface area contributed by atoms with Crippen LogP contribution in [0.15, 0.2) is 11.1 Å². The Labute approximate surface area is 90.3 Å². The van der Waals surface area contributed by atoms with Crippen LogP contribution in [0.2, 0.25) is 0 Å². The Bertz CT molecular complexity index is 504. The van der Waals surface area contributed by atoms with Crippen LogP contribution in [-0.4, -0.2) is 20.5 Å². The summed E-state index contributed by atoms with van der Waals surface area (Å²) in [6.45, 7) is 0. The summed E-state index contributed by atoms with van der Waals surface area (Å²) in [6.07, 6.45) is -2.19. The van der Waals surface area contributed by atoms with Gasteiger partial charge in [0.25, 0.3) is 6.43 Å². The number of methoxy groups -OCH3 is 1. The standard InChI is InChI=1S/C7H9F2N3O3S/c1-15-5-4(7(8)9)12-2-3(10)6(5)16(11,13)14/h2,7H,10H2,1H3,(H2,11,13,14). The van der Waals surface area contributed by atoms with Crippen molar-refractivity contribution in [2.24, 2.45) is 5.14 Å². The van der Waals surface area contributed by atoms with E-state index in [0.29, 0.717) is 0 Å². The topological polar surface area (TPSA) is 108 Å². The monoisotopic (exact) mass is 253 g/mol. The highest BCUT2D eigenvalue weighted by Crippen LogP contribution is 2.35. The van der Waals surface area contributed by atoms with Gasteiger partial charge in [-0.2, -0.15) is 0 Å². The third-order valence-corrected chi connectivity index (χ3v) is 2.73. The third kappa shape index (κ3) is 2.19. The van der Waals surface area contributed by atoms with Crippen molar-refractivity contribution in [3.63, 3.8) is 0 Å². The SMILES string of the molecule is COc1c(C(F)F)ncc(N)c1S(N)(=O)=O. The van der Waals surface area contributed by atoms with Gasteiger partial charge in [-0.15, -0.1) is 0 Å². The molecule has 0 aliphatic heterocycles. The smallest absolute Gasteiger partial charge is 0.284 e. The molecule has 1 aromatic heterocycles. The van der Waals surface area contributed by atoms with E-state index in [2.05, 4.69) is 9.72 Å². The minimum atomic E-state index is -4.26. The lowest BCUT2D eigenvalue weighted by Gasteiger charge is -2.12. The van der Waals surface area contributed by atoms with Gasteiger partial charge in [0.15, 0.2) is 10.6 Å². The average molecular weight is 253 g/mol. The van der Waals surface area contributed by atoms with Crippen molar-refractivity contribution in [2.75, 3.05) is 12.8 Å². The van der Waals surface area contributed by atoms with E-state index in [1.54, 1.807) is 0 Å². The Kier molecular flexibility index (Phi) is 3.29. The van der Waals surface area contributed by atoms with Crippen LogP contribution in [0, 0.1) is 0 Å². The summed E-state index contributed by atoms with van der Waals surface area (Å²) in [7, 11) is -3.23. The minimum Gasteiger partial charge on any atom is -0.493 e. The number of primary sulfonamides is 1. The molecular weight excluding hydrogens is 244 g/mol. The van der Waals surface area contributed by atoms with Crippen molar-refractivity contribution in [3.05, 3.63) is 11.9 Å². The number of nitrogens with zero attached hydrogens (tertiary/aromatic N) is 1. The molecule has 0 saturated heterocycles. The Balaban J connectivity index is 3.64. The zero-order chi connectivity index (χ0) is 12.5. The van der Waals surface area contributed by atoms with Crippen LogP contribution in [0.4, 0.5) is 14.5 Å². The van der Waals surface area contributed by atoms with Crippen LogP contribution in [0.3, 0.4) is 0 Å². The first-order valence-electron chi connectivity index (χ1n) is 3.92. The van der Waals surface area contributed by atoms with Crippen LogP contribution >= 0.6 is 0 Å². The van der Waals surface area contributed by atoms with Gasteiger partial charge in [-0.1, -0.05) is 0 Å². The van der Waals surface area contributed by atoms with Crippen LogP contribution in [0.25, 0.3) is 0 Å². The van der Waals surface area contributed by atoms with Gasteiger partial charge in [0, 0.05) is 0 Å². The van der Waals surface area contributed by atoms with E-state index >= 15 is 0 Å². The number of alkyl halides is 2. The van der Waals surface area contributed by atoms with Crippen LogP contribution in [0.5, 0.6) is 5.75 Å². The molecule has 0 radical (unpaired) electrons. The molecule has 1 heterocycles. The molecule has 0 atom stereocenters. The third-order valence-electron chi connectivity index (χ3n) is 1.74. The molecule has 0 unspecified atom stereocenters. The molecule has 0 saturated carbocycles. The number of hydrogen-bond donors (Lipinski definition) is 2. The van der Waals surface area contributed by atoms with Crippen molar-refractivity contribution in [1.29, 1.82) is 0 Å². The van der Waals surface area contributed by atoms with Gasteiger partial charge in [0.1, 0.15) is 5.69 Å². The number of nitrogens with two attached hydrogens (primary N) is 2. The molecule has 9 heteroatoms. The Morgan fingerprint density at radius 2 is 2.06 bits per heavy atom. The molecule has 4 N–H and O–H groups in total. The maximum atomic E-state index is 12.5. The highest BCUT2D eigenvalue weighted by Gasteiger charge is 2.26. The van der Waals surface area contributed by atoms with Crippen molar-refractivity contribution < 1.29 is 21.9 Å². The number of rotatable bonds is 3. The maximum Gasteiger partial charge on any atom is 0.284 e. The first kappa shape index (κ1) is 12.6. The van der Waals surface area contributed by atoms with Crippen LogP contribution < -0.4 is 15.6 Å². The molecule has 0 aliphatic rings. The van der Waals surface area contributed by atoms with Crippen LogP contribution in [0.1, 0.15) is 12.1 Å². The molecule has 1 aromatic rings. The molecule has 90 valence electrons. The van der Waals surface area contributed by atoms with Gasteiger partial charge in [-0.3, -0.25) is 0 Å². The lowest BCUT2D eigenvalue weighted by molar-refractivity contribution is 0.140. The van der Waals surface area contributed by atoms with E-state index < -0.39 is 32.8 Å². The molecule has 0 spiro atoms. The highest BCUT2D eigenvalue weighted by atomic mass is 32.2. The van der Waals surface area contributed by atoms with Gasteiger partial charge in [0.2, 0.25) is 10.0 Å². The number of aromatic nitrogens is 1. The van der Waals surface area contributed by atoms with Crippen molar-refractivity contribution >= 4 is 15.7 Å². The summed E-state index contributed by atoms with van der Waals surface area (Å²) >= 11 is 0. The molecule has 1 rings (SSSR count). The number of ether oxygens (including phenoxy) is 1. The van der Waals surface area contributed by atoms with E-state index in [4.69, 9.17) is 10.9 Å². The average Bonchev–Trinajstić information content (AvgIpc) is 2.14. The van der Waals surface area contributed by atoms with Gasteiger partial charge in [-0.05, 0) is 0 Å². The van der Waals surface area contributed by atoms with Gasteiger partial charge in [-0.25, -0.2) is 27.3 Å². The molecule has 16 heavy (non-hydrogen) atoms. The second-order valence-electron chi connectivity index (χ2n) is 2.81. The molecule has 0 fully saturated rings. The first-order chi connectivity index (χ1) is 7.29. The normalized spacial score (nSPS) is 11.8. The molecule has 0 aliphatic carbocycles. The van der Waals surface area contributed by atoms with E-state index in [0.717, 1.165) is 13.3 Å². The maximum absolute atomic E-state index is 12.5. The quantitative estimate of drug-likeness (QED) is 0.803. The lowest BCUT2D eigenvalue weighted by Crippen LogP contribution is -2.17. The molecule has 6 nitrogen and oxygen atoms in total. The molecule has 0 aromatic carbocycles. The lowest BCUT2D eigenvalue weighted by atomic mass is 10.3. The van der Waals surface area contributed by atoms with Crippen molar-refractivity contribution in [3.8, 4) is 5.75 Å². The van der Waals surface area contributed by atoms with E-state index in [1.807, 2.05) is 0 Å². The fourth-order valence-corrected chi connectivity index (χ4v) is 1.98. The van der Waals surface area contributed by atoms with Crippen molar-refractivity contribution in [2.45, 2.75) is 11.3 Å². The summed E-state index contributed by atoms with van der Waals surface area (Å²) in [5.41, 5.74) is 4.14. The second-order valence-corrected chi connectivity index (χ2v) is 4.31. The van der Waals surface area contributed by atoms with Crippen LogP contribution in [-0.2, 0) is 10.0 Å².